The Bertz CT molecular complexity index is 3360. The summed E-state index contributed by atoms with van der Waals surface area (Å²) in [7, 11) is 12.2. The molecule has 2 bridgehead atoms. The fourth-order valence-corrected chi connectivity index (χ4v) is 17.9. The zero-order valence-corrected chi connectivity index (χ0v) is 67.4. The number of hydrogen-bond donors (Lipinski definition) is 3. The molecule has 5 aliphatic carbocycles. The standard InChI is InChI=1S/C78H122F6N12O15/c1-15-46(3)65-73(107)95(51-30-31-51)42-64(99)90(9)55-23-18-17-19-34-94(72(55)106)59(36-48-24-28-50(29-25-48)77(79,80)81)70(104)89(8)41-62(97)85-54(33-27-49-26-32-53(78(82,83)84)61(37-49)110-14)68(102)96-40-52(111-16-2)38-56(96)67(101)87-76(44-75(4,5)45-76)74(108)93(12)57(35-47-21-20-22-47)71(105)92(11)58(69(103)88(6)7)39-63(98)91(10)60(43-109-13)66(100)86-65/h17-18,46-61,65H,15-16,19-45H2,1-14H3,(H,85,97)(H,86,100)(H,87,101)/b18-17-/t46-,48?,49?,50?,52+,53?,54-,55-,56-,57-,58-,59-,60-,61?,65-/m0/s1. The van der Waals surface area contributed by atoms with E-state index in [-0.39, 0.29) is 128 Å². The highest BCUT2D eigenvalue weighted by Crippen LogP contribution is 2.50. The zero-order valence-electron chi connectivity index (χ0n) is 67.4. The van der Waals surface area contributed by atoms with Crippen LogP contribution in [0.1, 0.15) is 182 Å². The molecule has 3 aliphatic heterocycles. The number of carbonyl (C=O) groups is 12. The highest BCUT2D eigenvalue weighted by molar-refractivity contribution is 6.01. The van der Waals surface area contributed by atoms with E-state index in [4.69, 9.17) is 14.2 Å². The second kappa shape index (κ2) is 37.9. The van der Waals surface area contributed by atoms with Crippen LogP contribution in [0.2, 0.25) is 0 Å². The molecule has 12 amide bonds. The van der Waals surface area contributed by atoms with Crippen LogP contribution >= 0.6 is 0 Å². The minimum Gasteiger partial charge on any atom is -0.382 e. The van der Waals surface area contributed by atoms with Gasteiger partial charge >= 0.3 is 12.4 Å². The third-order valence-corrected chi connectivity index (χ3v) is 25.1. The number of nitrogens with one attached hydrogen (secondary N) is 3. The Morgan fingerprint density at radius 3 is 1.85 bits per heavy atom. The van der Waals surface area contributed by atoms with E-state index < -0.39 is 216 Å². The number of carbonyl (C=O) groups excluding carboxylic acids is 12. The lowest BCUT2D eigenvalue weighted by atomic mass is 9.58. The van der Waals surface area contributed by atoms with Crippen LogP contribution in [0.4, 0.5) is 26.3 Å². The normalized spacial score (nSPS) is 31.8. The lowest BCUT2D eigenvalue weighted by molar-refractivity contribution is -0.215. The number of hydrogen-bond acceptors (Lipinski definition) is 15. The predicted molar refractivity (Wildman–Crippen MR) is 395 cm³/mol. The molecule has 27 nitrogen and oxygen atoms in total. The number of ether oxygens (including phenoxy) is 3. The van der Waals surface area contributed by atoms with E-state index in [0.29, 0.717) is 32.1 Å². The smallest absolute Gasteiger partial charge is 0.382 e. The topological polar surface area (TPSA) is 298 Å². The van der Waals surface area contributed by atoms with Crippen molar-refractivity contribution in [2.75, 3.05) is 103 Å². The Labute approximate surface area is 649 Å². The van der Waals surface area contributed by atoms with Gasteiger partial charge in [-0.3, -0.25) is 57.5 Å². The first-order valence-electron chi connectivity index (χ1n) is 39.9. The molecule has 33 heteroatoms. The number of halogens is 6. The number of likely N-dealkylation sites (N-methyl/N-ethyl adjacent to an activating group) is 6. The SMILES string of the molecule is CCO[C@@H]1C[C@H]2C(=O)NC3(CC(C)(C)C3)C(=O)N(C)[C@@H](CC3CCC3)C(=O)N(C)[C@H](C(=O)N(C)C)CC(=O)N(C)[C@@H](COC)C(=O)N[C@@H]([C@@H](C)CC)C(=O)N(C3CC3)CC(=O)N(C)[C@H]3C/C=C\CCN(C3=O)[C@@H](CC3CCC(C(F)(F)F)CC3)C(=O)N(C)CC(=O)N[C@@H](CCC3CCC(C(F)(F)F)C(OC)C3)C(=O)N2C1. The molecule has 0 radical (unpaired) electrons. The molecule has 111 heavy (non-hydrogen) atoms. The van der Waals surface area contributed by atoms with E-state index in [1.807, 2.05) is 13.8 Å². The van der Waals surface area contributed by atoms with Crippen LogP contribution in [0.3, 0.4) is 0 Å². The van der Waals surface area contributed by atoms with E-state index in [9.17, 15) is 50.3 Å². The first-order valence-corrected chi connectivity index (χ1v) is 39.9. The summed E-state index contributed by atoms with van der Waals surface area (Å²) in [6, 6.07) is -11.7. The summed E-state index contributed by atoms with van der Waals surface area (Å²) < 4.78 is 103. The van der Waals surface area contributed by atoms with E-state index in [1.54, 1.807) is 32.9 Å². The third kappa shape index (κ3) is 21.8. The Morgan fingerprint density at radius 1 is 0.640 bits per heavy atom. The van der Waals surface area contributed by atoms with Crippen LogP contribution in [-0.2, 0) is 71.7 Å². The molecule has 13 atom stereocenters. The molecule has 7 fully saturated rings. The first kappa shape index (κ1) is 89.4. The Morgan fingerprint density at radius 2 is 1.28 bits per heavy atom. The van der Waals surface area contributed by atoms with Crippen LogP contribution in [0.5, 0.6) is 0 Å². The van der Waals surface area contributed by atoms with Gasteiger partial charge in [0.1, 0.15) is 60.4 Å². The van der Waals surface area contributed by atoms with Crippen molar-refractivity contribution in [2.45, 2.75) is 267 Å². The lowest BCUT2D eigenvalue weighted by Gasteiger charge is -2.54. The van der Waals surface area contributed by atoms with Crippen molar-refractivity contribution < 1.29 is 98.1 Å². The highest BCUT2D eigenvalue weighted by atomic mass is 19.4. The van der Waals surface area contributed by atoms with Gasteiger partial charge in [-0.2, -0.15) is 26.3 Å². The summed E-state index contributed by atoms with van der Waals surface area (Å²) in [5.74, 6) is -14.0. The summed E-state index contributed by atoms with van der Waals surface area (Å²) in [5.41, 5.74) is -2.28. The summed E-state index contributed by atoms with van der Waals surface area (Å²) in [6.07, 6.45) is -5.40. The first-order chi connectivity index (χ1) is 52.1. The molecule has 8 aliphatic rings. The van der Waals surface area contributed by atoms with E-state index in [0.717, 1.165) is 21.1 Å². The molecule has 5 saturated carbocycles. The van der Waals surface area contributed by atoms with Crippen molar-refractivity contribution in [3.05, 3.63) is 12.2 Å². The maximum absolute atomic E-state index is 15.8. The summed E-state index contributed by atoms with van der Waals surface area (Å²) in [6.45, 7) is 7.08. The molecular formula is C78H122F6N12O15. The van der Waals surface area contributed by atoms with Gasteiger partial charge in [-0.25, -0.2) is 0 Å². The molecule has 3 unspecified atom stereocenters. The number of methoxy groups -OCH3 is 2. The molecule has 8 rings (SSSR count). The Kier molecular flexibility index (Phi) is 30.5. The van der Waals surface area contributed by atoms with Crippen LogP contribution in [-0.4, -0.2) is 302 Å². The molecule has 0 aromatic rings. The third-order valence-electron chi connectivity index (χ3n) is 25.1. The number of alkyl halides is 6. The summed E-state index contributed by atoms with van der Waals surface area (Å²) in [4.78, 5) is 194. The Hall–Kier alpha value is -7.16. The second-order valence-electron chi connectivity index (χ2n) is 33.9. The summed E-state index contributed by atoms with van der Waals surface area (Å²) >= 11 is 0. The van der Waals surface area contributed by atoms with Crippen LogP contribution in [0.15, 0.2) is 12.2 Å². The average Bonchev–Trinajstić information content (AvgIpc) is 1.54. The van der Waals surface area contributed by atoms with Crippen molar-refractivity contribution in [3.63, 3.8) is 0 Å². The van der Waals surface area contributed by atoms with Crippen molar-refractivity contribution in [2.24, 2.45) is 40.9 Å². The van der Waals surface area contributed by atoms with E-state index >= 15 is 33.6 Å². The highest BCUT2D eigenvalue weighted by Gasteiger charge is 2.59. The van der Waals surface area contributed by atoms with Crippen molar-refractivity contribution in [1.82, 2.24) is 60.0 Å². The van der Waals surface area contributed by atoms with Crippen molar-refractivity contribution in [3.8, 4) is 0 Å². The van der Waals surface area contributed by atoms with Crippen LogP contribution in [0, 0.1) is 40.9 Å². The molecular weight excluding hydrogens is 1460 g/mol. The van der Waals surface area contributed by atoms with Gasteiger partial charge in [-0.15, -0.1) is 0 Å². The van der Waals surface area contributed by atoms with Gasteiger partial charge in [0.15, 0.2) is 0 Å². The minimum atomic E-state index is -4.57. The van der Waals surface area contributed by atoms with Gasteiger partial charge in [-0.05, 0) is 145 Å². The number of fused-ring (bicyclic) bond motifs is 3. The molecule has 3 N–H and O–H groups in total. The largest absolute Gasteiger partial charge is 0.394 e. The van der Waals surface area contributed by atoms with Gasteiger partial charge in [0, 0.05) is 95.7 Å². The quantitative estimate of drug-likeness (QED) is 0.121. The van der Waals surface area contributed by atoms with Gasteiger partial charge in [0.25, 0.3) is 0 Å². The molecule has 626 valence electrons. The molecule has 2 saturated heterocycles. The number of nitrogens with zero attached hydrogens (tertiary/aromatic N) is 9. The molecule has 1 spiro atoms. The van der Waals surface area contributed by atoms with E-state index in [1.165, 1.54) is 93.0 Å². The number of rotatable bonds is 16. The fourth-order valence-electron chi connectivity index (χ4n) is 17.9. The zero-order chi connectivity index (χ0) is 82.1. The Balaban J connectivity index is 1.22. The predicted octanol–water partition coefficient (Wildman–Crippen LogP) is 5.85. The number of amides is 12. The van der Waals surface area contributed by atoms with Crippen LogP contribution < -0.4 is 16.0 Å². The van der Waals surface area contributed by atoms with Gasteiger partial charge < -0.3 is 74.3 Å². The van der Waals surface area contributed by atoms with Gasteiger partial charge in [0.05, 0.1) is 43.6 Å². The molecule has 3 heterocycles. The molecule has 0 aromatic carbocycles. The average molecular weight is 1580 g/mol. The second-order valence-corrected chi connectivity index (χ2v) is 33.9. The van der Waals surface area contributed by atoms with Crippen molar-refractivity contribution in [1.29, 1.82) is 0 Å². The van der Waals surface area contributed by atoms with Gasteiger partial charge in [-0.1, -0.05) is 65.5 Å². The van der Waals surface area contributed by atoms with Crippen molar-refractivity contribution >= 4 is 70.9 Å². The van der Waals surface area contributed by atoms with Gasteiger partial charge in [0.2, 0.25) is 70.9 Å². The molecule has 0 aromatic heterocycles. The fraction of sp³-hybridized carbons (Fsp3) is 0.821. The summed E-state index contributed by atoms with van der Waals surface area (Å²) in [5, 5.41) is 8.69. The lowest BCUT2D eigenvalue weighted by Crippen LogP contribution is -2.71. The van der Waals surface area contributed by atoms with E-state index in [2.05, 4.69) is 16.0 Å². The monoisotopic (exact) mass is 1580 g/mol. The minimum absolute atomic E-state index is 0.0327. The van der Waals surface area contributed by atoms with Crippen LogP contribution in [0.25, 0.3) is 0 Å². The maximum Gasteiger partial charge on any atom is 0.394 e. The maximum atomic E-state index is 15.8.